The number of para-hydroxylation sites is 2. The van der Waals surface area contributed by atoms with Gasteiger partial charge in [0.2, 0.25) is 5.91 Å². The third-order valence-electron chi connectivity index (χ3n) is 5.79. The maximum absolute atomic E-state index is 12.4. The summed E-state index contributed by atoms with van der Waals surface area (Å²) in [7, 11) is 1.72. The SMILES string of the molecule is COc1ccccc1CN1CCC2(CC1)CC(=O)NCc1ccccc1N2. The Bertz CT molecular complexity index is 813. The molecule has 0 unspecified atom stereocenters. The maximum atomic E-state index is 12.4. The van der Waals surface area contributed by atoms with Crippen LogP contribution in [0.15, 0.2) is 48.5 Å². The van der Waals surface area contributed by atoms with Crippen LogP contribution in [0.1, 0.15) is 30.4 Å². The average Bonchev–Trinajstić information content (AvgIpc) is 2.68. The van der Waals surface area contributed by atoms with Crippen molar-refractivity contribution in [2.75, 3.05) is 25.5 Å². The highest BCUT2D eigenvalue weighted by molar-refractivity contribution is 5.79. The Morgan fingerprint density at radius 1 is 1.07 bits per heavy atom. The summed E-state index contributed by atoms with van der Waals surface area (Å²) < 4.78 is 5.49. The number of nitrogens with one attached hydrogen (secondary N) is 2. The molecule has 2 N–H and O–H groups in total. The largest absolute Gasteiger partial charge is 0.496 e. The molecule has 0 saturated carbocycles. The lowest BCUT2D eigenvalue weighted by atomic mass is 9.82. The van der Waals surface area contributed by atoms with E-state index in [2.05, 4.69) is 45.9 Å². The van der Waals surface area contributed by atoms with E-state index in [4.69, 9.17) is 4.74 Å². The molecule has 27 heavy (non-hydrogen) atoms. The molecule has 0 radical (unpaired) electrons. The summed E-state index contributed by atoms with van der Waals surface area (Å²) in [6.45, 7) is 3.39. The molecule has 0 aromatic heterocycles. The lowest BCUT2D eigenvalue weighted by Gasteiger charge is -2.44. The second-order valence-corrected chi connectivity index (χ2v) is 7.60. The monoisotopic (exact) mass is 365 g/mol. The van der Waals surface area contributed by atoms with Crippen molar-refractivity contribution in [3.63, 3.8) is 0 Å². The van der Waals surface area contributed by atoms with E-state index in [1.165, 1.54) is 5.56 Å². The number of hydrogen-bond donors (Lipinski definition) is 2. The van der Waals surface area contributed by atoms with Crippen LogP contribution in [0.3, 0.4) is 0 Å². The quantitative estimate of drug-likeness (QED) is 0.877. The Labute approximate surface area is 160 Å². The molecule has 1 spiro atoms. The molecule has 2 aromatic rings. The third-order valence-corrected chi connectivity index (χ3v) is 5.79. The zero-order valence-corrected chi connectivity index (χ0v) is 15.8. The van der Waals surface area contributed by atoms with Gasteiger partial charge < -0.3 is 15.4 Å². The Balaban J connectivity index is 1.48. The zero-order chi connectivity index (χ0) is 18.7. The number of likely N-dealkylation sites (tertiary alicyclic amines) is 1. The maximum Gasteiger partial charge on any atom is 0.222 e. The molecular formula is C22H27N3O2. The predicted octanol–water partition coefficient (Wildman–Crippen LogP) is 3.16. The molecule has 142 valence electrons. The summed E-state index contributed by atoms with van der Waals surface area (Å²) in [4.78, 5) is 14.8. The first-order valence-electron chi connectivity index (χ1n) is 9.64. The molecule has 1 fully saturated rings. The minimum Gasteiger partial charge on any atom is -0.496 e. The van der Waals surface area contributed by atoms with Crippen LogP contribution in [-0.4, -0.2) is 36.5 Å². The average molecular weight is 365 g/mol. The zero-order valence-electron chi connectivity index (χ0n) is 15.8. The van der Waals surface area contributed by atoms with Gasteiger partial charge in [-0.1, -0.05) is 36.4 Å². The molecule has 0 aliphatic carbocycles. The van der Waals surface area contributed by atoms with E-state index in [1.807, 2.05) is 18.2 Å². The van der Waals surface area contributed by atoms with Gasteiger partial charge in [0.1, 0.15) is 5.75 Å². The van der Waals surface area contributed by atoms with Crippen molar-refractivity contribution in [1.82, 2.24) is 10.2 Å². The lowest BCUT2D eigenvalue weighted by molar-refractivity contribution is -0.122. The first kappa shape index (κ1) is 17.9. The molecule has 5 nitrogen and oxygen atoms in total. The van der Waals surface area contributed by atoms with E-state index in [0.29, 0.717) is 13.0 Å². The minimum atomic E-state index is -0.169. The molecule has 4 rings (SSSR count). The lowest BCUT2D eigenvalue weighted by Crippen LogP contribution is -2.52. The van der Waals surface area contributed by atoms with E-state index < -0.39 is 0 Å². The number of fused-ring (bicyclic) bond motifs is 1. The summed E-state index contributed by atoms with van der Waals surface area (Å²) in [6.07, 6.45) is 2.43. The second kappa shape index (κ2) is 7.61. The molecule has 0 bridgehead atoms. The smallest absolute Gasteiger partial charge is 0.222 e. The molecule has 2 heterocycles. The van der Waals surface area contributed by atoms with Crippen molar-refractivity contribution in [2.45, 2.75) is 37.9 Å². The van der Waals surface area contributed by atoms with Crippen molar-refractivity contribution < 1.29 is 9.53 Å². The van der Waals surface area contributed by atoms with Gasteiger partial charge in [0.05, 0.1) is 7.11 Å². The van der Waals surface area contributed by atoms with Crippen LogP contribution in [0.25, 0.3) is 0 Å². The molecule has 5 heteroatoms. The van der Waals surface area contributed by atoms with Crippen LogP contribution in [0, 0.1) is 0 Å². The van der Waals surface area contributed by atoms with E-state index in [0.717, 1.165) is 49.5 Å². The molecule has 1 saturated heterocycles. The Hall–Kier alpha value is -2.53. The summed E-state index contributed by atoms with van der Waals surface area (Å²) in [5.74, 6) is 1.07. The molecule has 2 aliphatic heterocycles. The fourth-order valence-corrected chi connectivity index (χ4v) is 4.21. The van der Waals surface area contributed by atoms with Crippen LogP contribution in [0.4, 0.5) is 5.69 Å². The Morgan fingerprint density at radius 2 is 1.81 bits per heavy atom. The van der Waals surface area contributed by atoms with Crippen molar-refractivity contribution in [3.05, 3.63) is 59.7 Å². The normalized spacial score (nSPS) is 19.4. The van der Waals surface area contributed by atoms with Crippen molar-refractivity contribution in [3.8, 4) is 5.75 Å². The number of hydrogen-bond acceptors (Lipinski definition) is 4. The summed E-state index contributed by atoms with van der Waals surface area (Å²) >= 11 is 0. The number of nitrogens with zero attached hydrogens (tertiary/aromatic N) is 1. The van der Waals surface area contributed by atoms with Gasteiger partial charge in [-0.3, -0.25) is 9.69 Å². The van der Waals surface area contributed by atoms with Crippen molar-refractivity contribution in [2.24, 2.45) is 0 Å². The second-order valence-electron chi connectivity index (χ2n) is 7.60. The van der Waals surface area contributed by atoms with Crippen LogP contribution in [0.5, 0.6) is 5.75 Å². The number of piperidine rings is 1. The topological polar surface area (TPSA) is 53.6 Å². The van der Waals surface area contributed by atoms with Gasteiger partial charge >= 0.3 is 0 Å². The Kier molecular flexibility index (Phi) is 5.03. The number of anilines is 1. The number of methoxy groups -OCH3 is 1. The first-order chi connectivity index (χ1) is 13.2. The summed E-state index contributed by atoms with van der Waals surface area (Å²) in [5, 5.41) is 6.81. The van der Waals surface area contributed by atoms with Crippen molar-refractivity contribution in [1.29, 1.82) is 0 Å². The molecular weight excluding hydrogens is 338 g/mol. The van der Waals surface area contributed by atoms with Gasteiger partial charge in [-0.05, 0) is 30.5 Å². The van der Waals surface area contributed by atoms with E-state index >= 15 is 0 Å². The Morgan fingerprint density at radius 3 is 2.63 bits per heavy atom. The fraction of sp³-hybridized carbons (Fsp3) is 0.409. The van der Waals surface area contributed by atoms with Gasteiger partial charge in [0.15, 0.2) is 0 Å². The van der Waals surface area contributed by atoms with E-state index in [-0.39, 0.29) is 11.4 Å². The molecule has 0 atom stereocenters. The fourth-order valence-electron chi connectivity index (χ4n) is 4.21. The highest BCUT2D eigenvalue weighted by Crippen LogP contribution is 2.34. The van der Waals surface area contributed by atoms with Crippen LogP contribution in [0.2, 0.25) is 0 Å². The van der Waals surface area contributed by atoms with E-state index in [1.54, 1.807) is 7.11 Å². The number of carbonyl (C=O) groups is 1. The van der Waals surface area contributed by atoms with E-state index in [9.17, 15) is 4.79 Å². The van der Waals surface area contributed by atoms with Gasteiger partial charge in [-0.15, -0.1) is 0 Å². The third kappa shape index (κ3) is 3.93. The van der Waals surface area contributed by atoms with Crippen LogP contribution < -0.4 is 15.4 Å². The number of benzene rings is 2. The summed E-state index contributed by atoms with van der Waals surface area (Å²) in [5.41, 5.74) is 3.35. The molecule has 1 amide bonds. The van der Waals surface area contributed by atoms with Crippen LogP contribution >= 0.6 is 0 Å². The highest BCUT2D eigenvalue weighted by Gasteiger charge is 2.38. The predicted molar refractivity (Wildman–Crippen MR) is 107 cm³/mol. The minimum absolute atomic E-state index is 0.134. The number of ether oxygens (including phenoxy) is 1. The standard InChI is InChI=1S/C22H27N3O2/c1-27-20-9-5-3-7-18(20)16-25-12-10-22(11-13-25)14-21(26)23-15-17-6-2-4-8-19(17)24-22/h2-9,24H,10-16H2,1H3,(H,23,26). The highest BCUT2D eigenvalue weighted by atomic mass is 16.5. The number of carbonyl (C=O) groups excluding carboxylic acids is 1. The van der Waals surface area contributed by atoms with Crippen LogP contribution in [-0.2, 0) is 17.9 Å². The van der Waals surface area contributed by atoms with Gasteiger partial charge in [-0.2, -0.15) is 0 Å². The van der Waals surface area contributed by atoms with Crippen molar-refractivity contribution >= 4 is 11.6 Å². The van der Waals surface area contributed by atoms with Gasteiger partial charge in [0, 0.05) is 49.4 Å². The molecule has 2 aliphatic rings. The number of rotatable bonds is 3. The molecule has 2 aromatic carbocycles. The number of amides is 1. The summed E-state index contributed by atoms with van der Waals surface area (Å²) in [6, 6.07) is 16.5. The first-order valence-corrected chi connectivity index (χ1v) is 9.64. The van der Waals surface area contributed by atoms with Gasteiger partial charge in [-0.25, -0.2) is 0 Å². The van der Waals surface area contributed by atoms with Gasteiger partial charge in [0.25, 0.3) is 0 Å².